The van der Waals surface area contributed by atoms with Gasteiger partial charge in [0.15, 0.2) is 0 Å². The molecule has 0 bridgehead atoms. The summed E-state index contributed by atoms with van der Waals surface area (Å²) in [5.74, 6) is -0.912. The fraction of sp³-hybridized carbons (Fsp3) is 0.200. The molecule has 1 aromatic heterocycles. The molecule has 0 spiro atoms. The molecule has 2 aromatic rings. The van der Waals surface area contributed by atoms with E-state index in [9.17, 15) is 9.18 Å². The number of hydrogen-bond acceptors (Lipinski definition) is 3. The van der Waals surface area contributed by atoms with Gasteiger partial charge in [0.1, 0.15) is 5.82 Å². The van der Waals surface area contributed by atoms with Crippen LogP contribution in [0.3, 0.4) is 0 Å². The summed E-state index contributed by atoms with van der Waals surface area (Å²) >= 11 is 0. The number of nitrogens with one attached hydrogen (secondary N) is 1. The summed E-state index contributed by atoms with van der Waals surface area (Å²) in [6.45, 7) is 2.90. The molecule has 3 N–H and O–H groups in total. The maximum absolute atomic E-state index is 13.6. The summed E-state index contributed by atoms with van der Waals surface area (Å²) in [4.78, 5) is 15.1. The Morgan fingerprint density at radius 3 is 2.75 bits per heavy atom. The van der Waals surface area contributed by atoms with E-state index >= 15 is 0 Å². The molecule has 0 saturated heterocycles. The highest BCUT2D eigenvalue weighted by molar-refractivity contribution is 5.92. The topological polar surface area (TPSA) is 68.0 Å². The lowest BCUT2D eigenvalue weighted by molar-refractivity contribution is 0.1000. The first-order valence-corrected chi connectivity index (χ1v) is 6.26. The quantitative estimate of drug-likeness (QED) is 0.874. The highest BCUT2D eigenvalue weighted by atomic mass is 19.1. The Labute approximate surface area is 116 Å². The van der Waals surface area contributed by atoms with Gasteiger partial charge in [0, 0.05) is 36.6 Å². The van der Waals surface area contributed by atoms with Crippen LogP contribution in [0.2, 0.25) is 0 Å². The Balaban J connectivity index is 2.02. The standard InChI is InChI=1S/C15H16FN3O/c1-10-7-18-5-4-12(10)8-19-9-13-6-11(15(17)20)2-3-14(13)16/h2-7,19H,8-9H2,1H3,(H2,17,20). The van der Waals surface area contributed by atoms with Crippen LogP contribution >= 0.6 is 0 Å². The molecule has 104 valence electrons. The zero-order chi connectivity index (χ0) is 14.5. The molecule has 1 aromatic carbocycles. The minimum Gasteiger partial charge on any atom is -0.366 e. The fourth-order valence-electron chi connectivity index (χ4n) is 1.90. The highest BCUT2D eigenvalue weighted by Crippen LogP contribution is 2.11. The summed E-state index contributed by atoms with van der Waals surface area (Å²) in [5, 5.41) is 3.15. The minimum atomic E-state index is -0.559. The molecular formula is C15H16FN3O. The molecule has 5 heteroatoms. The number of halogens is 1. The minimum absolute atomic E-state index is 0.309. The third-order valence-corrected chi connectivity index (χ3v) is 3.10. The van der Waals surface area contributed by atoms with E-state index in [2.05, 4.69) is 10.3 Å². The summed E-state index contributed by atoms with van der Waals surface area (Å²) in [6, 6.07) is 6.03. The molecule has 0 aliphatic rings. The lowest BCUT2D eigenvalue weighted by Crippen LogP contribution is -2.16. The van der Waals surface area contributed by atoms with Gasteiger partial charge in [-0.3, -0.25) is 9.78 Å². The highest BCUT2D eigenvalue weighted by Gasteiger charge is 2.07. The summed E-state index contributed by atoms with van der Waals surface area (Å²) in [6.07, 6.45) is 3.50. The van der Waals surface area contributed by atoms with Crippen LogP contribution in [0, 0.1) is 12.7 Å². The number of benzene rings is 1. The molecule has 0 aliphatic carbocycles. The van der Waals surface area contributed by atoms with Crippen LogP contribution < -0.4 is 11.1 Å². The largest absolute Gasteiger partial charge is 0.366 e. The van der Waals surface area contributed by atoms with Crippen molar-refractivity contribution >= 4 is 5.91 Å². The first-order chi connectivity index (χ1) is 9.58. The van der Waals surface area contributed by atoms with Gasteiger partial charge in [-0.1, -0.05) is 0 Å². The predicted octanol–water partition coefficient (Wildman–Crippen LogP) is 1.92. The van der Waals surface area contributed by atoms with Crippen molar-refractivity contribution < 1.29 is 9.18 Å². The van der Waals surface area contributed by atoms with Crippen LogP contribution in [0.15, 0.2) is 36.7 Å². The van der Waals surface area contributed by atoms with E-state index in [1.165, 1.54) is 18.2 Å². The number of nitrogens with zero attached hydrogens (tertiary/aromatic N) is 1. The average Bonchev–Trinajstić information content (AvgIpc) is 2.42. The zero-order valence-electron chi connectivity index (χ0n) is 11.2. The molecule has 20 heavy (non-hydrogen) atoms. The summed E-state index contributed by atoms with van der Waals surface area (Å²) in [7, 11) is 0. The zero-order valence-corrected chi connectivity index (χ0v) is 11.2. The molecule has 4 nitrogen and oxygen atoms in total. The van der Waals surface area contributed by atoms with Crippen molar-refractivity contribution in [2.75, 3.05) is 0 Å². The summed E-state index contributed by atoms with van der Waals surface area (Å²) in [5.41, 5.74) is 8.09. The Bertz CT molecular complexity index is 628. The van der Waals surface area contributed by atoms with E-state index in [1.807, 2.05) is 13.0 Å². The van der Waals surface area contributed by atoms with Crippen LogP contribution in [0.4, 0.5) is 4.39 Å². The van der Waals surface area contributed by atoms with Crippen molar-refractivity contribution in [1.29, 1.82) is 0 Å². The Morgan fingerprint density at radius 2 is 2.05 bits per heavy atom. The number of hydrogen-bond donors (Lipinski definition) is 2. The van der Waals surface area contributed by atoms with Gasteiger partial charge in [-0.15, -0.1) is 0 Å². The van der Waals surface area contributed by atoms with Gasteiger partial charge in [0.25, 0.3) is 0 Å². The number of carbonyl (C=O) groups is 1. The van der Waals surface area contributed by atoms with E-state index in [0.29, 0.717) is 24.2 Å². The van der Waals surface area contributed by atoms with E-state index in [4.69, 9.17) is 5.73 Å². The van der Waals surface area contributed by atoms with E-state index in [-0.39, 0.29) is 5.82 Å². The maximum Gasteiger partial charge on any atom is 0.248 e. The second-order valence-electron chi connectivity index (χ2n) is 4.58. The second-order valence-corrected chi connectivity index (χ2v) is 4.58. The number of nitrogens with two attached hydrogens (primary N) is 1. The molecule has 1 heterocycles. The monoisotopic (exact) mass is 273 g/mol. The van der Waals surface area contributed by atoms with Gasteiger partial charge in [-0.05, 0) is 42.3 Å². The number of rotatable bonds is 5. The molecule has 1 amide bonds. The first kappa shape index (κ1) is 14.1. The smallest absolute Gasteiger partial charge is 0.248 e. The maximum atomic E-state index is 13.6. The normalized spacial score (nSPS) is 10.5. The van der Waals surface area contributed by atoms with Gasteiger partial charge >= 0.3 is 0 Å². The molecule has 0 radical (unpaired) electrons. The van der Waals surface area contributed by atoms with Crippen molar-refractivity contribution in [3.8, 4) is 0 Å². The Kier molecular flexibility index (Phi) is 4.42. The molecule has 2 rings (SSSR count). The SMILES string of the molecule is Cc1cnccc1CNCc1cc(C(N)=O)ccc1F. The first-order valence-electron chi connectivity index (χ1n) is 6.26. The Morgan fingerprint density at radius 1 is 1.30 bits per heavy atom. The van der Waals surface area contributed by atoms with Crippen LogP contribution in [-0.4, -0.2) is 10.9 Å². The van der Waals surface area contributed by atoms with Gasteiger partial charge in [0.05, 0.1) is 0 Å². The van der Waals surface area contributed by atoms with Gasteiger partial charge < -0.3 is 11.1 Å². The summed E-state index contributed by atoms with van der Waals surface area (Å²) < 4.78 is 13.6. The second kappa shape index (κ2) is 6.25. The lowest BCUT2D eigenvalue weighted by atomic mass is 10.1. The van der Waals surface area contributed by atoms with Gasteiger partial charge in [0.2, 0.25) is 5.91 Å². The molecular weight excluding hydrogens is 257 g/mol. The predicted molar refractivity (Wildman–Crippen MR) is 74.4 cm³/mol. The molecule has 0 saturated carbocycles. The van der Waals surface area contributed by atoms with Crippen molar-refractivity contribution in [2.45, 2.75) is 20.0 Å². The average molecular weight is 273 g/mol. The number of pyridine rings is 1. The van der Waals surface area contributed by atoms with Crippen molar-refractivity contribution in [2.24, 2.45) is 5.73 Å². The lowest BCUT2D eigenvalue weighted by Gasteiger charge is -2.09. The molecule has 0 atom stereocenters. The van der Waals surface area contributed by atoms with Crippen molar-refractivity contribution in [3.63, 3.8) is 0 Å². The van der Waals surface area contributed by atoms with Crippen molar-refractivity contribution in [3.05, 3.63) is 64.7 Å². The van der Waals surface area contributed by atoms with E-state index < -0.39 is 5.91 Å². The number of amides is 1. The van der Waals surface area contributed by atoms with Crippen LogP contribution in [0.25, 0.3) is 0 Å². The number of aryl methyl sites for hydroxylation is 1. The van der Waals surface area contributed by atoms with Crippen LogP contribution in [-0.2, 0) is 13.1 Å². The molecule has 0 aliphatic heterocycles. The van der Waals surface area contributed by atoms with Crippen LogP contribution in [0.5, 0.6) is 0 Å². The molecule has 0 fully saturated rings. The van der Waals surface area contributed by atoms with Gasteiger partial charge in [-0.2, -0.15) is 0 Å². The fourth-order valence-corrected chi connectivity index (χ4v) is 1.90. The van der Waals surface area contributed by atoms with E-state index in [1.54, 1.807) is 12.4 Å². The van der Waals surface area contributed by atoms with Crippen molar-refractivity contribution in [1.82, 2.24) is 10.3 Å². The molecule has 0 unspecified atom stereocenters. The number of aromatic nitrogens is 1. The Hall–Kier alpha value is -2.27. The van der Waals surface area contributed by atoms with E-state index in [0.717, 1.165) is 11.1 Å². The third kappa shape index (κ3) is 3.39. The van der Waals surface area contributed by atoms with Gasteiger partial charge in [-0.25, -0.2) is 4.39 Å². The van der Waals surface area contributed by atoms with Crippen LogP contribution in [0.1, 0.15) is 27.0 Å². The number of carbonyl (C=O) groups excluding carboxylic acids is 1. The third-order valence-electron chi connectivity index (χ3n) is 3.10. The number of primary amides is 1.